The first-order valence-electron chi connectivity index (χ1n) is 7.22. The zero-order chi connectivity index (χ0) is 15.8. The Morgan fingerprint density at radius 2 is 2.09 bits per heavy atom. The highest BCUT2D eigenvalue weighted by Crippen LogP contribution is 2.34. The first-order chi connectivity index (χ1) is 10.4. The van der Waals surface area contributed by atoms with Crippen molar-refractivity contribution in [3.8, 4) is 0 Å². The Bertz CT molecular complexity index is 662. The van der Waals surface area contributed by atoms with E-state index in [2.05, 4.69) is 10.0 Å². The van der Waals surface area contributed by atoms with Gasteiger partial charge in [-0.2, -0.15) is 0 Å². The van der Waals surface area contributed by atoms with Gasteiger partial charge in [0, 0.05) is 6.04 Å². The van der Waals surface area contributed by atoms with Gasteiger partial charge in [0.2, 0.25) is 10.0 Å². The number of hydrogen-bond acceptors (Lipinski definition) is 4. The van der Waals surface area contributed by atoms with Crippen molar-refractivity contribution < 1.29 is 17.5 Å². The molecule has 2 fully saturated rings. The van der Waals surface area contributed by atoms with Crippen molar-refractivity contribution in [1.29, 1.82) is 0 Å². The molecule has 22 heavy (non-hydrogen) atoms. The monoisotopic (exact) mass is 348 g/mol. The van der Waals surface area contributed by atoms with Gasteiger partial charge in [-0.1, -0.05) is 11.6 Å². The van der Waals surface area contributed by atoms with E-state index in [1.807, 2.05) is 0 Å². The maximum absolute atomic E-state index is 13.1. The number of halogens is 2. The van der Waals surface area contributed by atoms with Crippen LogP contribution in [-0.2, 0) is 14.8 Å². The number of piperidine rings is 1. The maximum atomic E-state index is 13.1. The van der Waals surface area contributed by atoms with Crippen LogP contribution in [0.15, 0.2) is 23.1 Å². The second-order valence-electron chi connectivity index (χ2n) is 5.84. The largest absolute Gasteiger partial charge is 0.373 e. The molecule has 0 aliphatic carbocycles. The van der Waals surface area contributed by atoms with Gasteiger partial charge in [-0.15, -0.1) is 0 Å². The van der Waals surface area contributed by atoms with E-state index >= 15 is 0 Å². The van der Waals surface area contributed by atoms with Gasteiger partial charge in [0.25, 0.3) is 0 Å². The summed E-state index contributed by atoms with van der Waals surface area (Å²) in [4.78, 5) is -0.109. The summed E-state index contributed by atoms with van der Waals surface area (Å²) in [6.45, 7) is 2.10. The molecule has 0 saturated carbocycles. The molecule has 2 saturated heterocycles. The van der Waals surface area contributed by atoms with Crippen molar-refractivity contribution in [1.82, 2.24) is 10.0 Å². The molecule has 1 spiro atoms. The maximum Gasteiger partial charge on any atom is 0.242 e. The summed E-state index contributed by atoms with van der Waals surface area (Å²) in [5.74, 6) is -0.568. The van der Waals surface area contributed by atoms with E-state index in [1.54, 1.807) is 0 Å². The molecule has 3 rings (SSSR count). The van der Waals surface area contributed by atoms with Crippen LogP contribution < -0.4 is 10.0 Å². The van der Waals surface area contributed by atoms with E-state index in [9.17, 15) is 12.8 Å². The Morgan fingerprint density at radius 3 is 2.77 bits per heavy atom. The molecule has 0 radical (unpaired) electrons. The van der Waals surface area contributed by atoms with E-state index in [-0.39, 0.29) is 21.6 Å². The van der Waals surface area contributed by atoms with E-state index in [0.29, 0.717) is 13.0 Å². The number of benzene rings is 1. The van der Waals surface area contributed by atoms with E-state index in [0.717, 1.165) is 38.1 Å². The lowest BCUT2D eigenvalue weighted by Gasteiger charge is -2.32. The zero-order valence-electron chi connectivity index (χ0n) is 11.9. The van der Waals surface area contributed by atoms with Gasteiger partial charge in [0.15, 0.2) is 0 Å². The van der Waals surface area contributed by atoms with Gasteiger partial charge in [0.05, 0.1) is 17.2 Å². The number of nitrogens with one attached hydrogen (secondary N) is 2. The third kappa shape index (κ3) is 3.28. The summed E-state index contributed by atoms with van der Waals surface area (Å²) < 4.78 is 46.4. The number of hydrogen-bond donors (Lipinski definition) is 2. The Kier molecular flexibility index (Phi) is 4.44. The fourth-order valence-corrected chi connectivity index (χ4v) is 4.88. The smallest absolute Gasteiger partial charge is 0.242 e. The zero-order valence-corrected chi connectivity index (χ0v) is 13.5. The molecular weight excluding hydrogens is 331 g/mol. The van der Waals surface area contributed by atoms with Gasteiger partial charge in [-0.25, -0.2) is 17.5 Å². The highest BCUT2D eigenvalue weighted by molar-refractivity contribution is 7.89. The minimum absolute atomic E-state index is 0.109. The lowest BCUT2D eigenvalue weighted by Crippen LogP contribution is -2.43. The molecule has 8 heteroatoms. The van der Waals surface area contributed by atoms with Crippen molar-refractivity contribution in [3.05, 3.63) is 29.0 Å². The second-order valence-corrected chi connectivity index (χ2v) is 7.93. The van der Waals surface area contributed by atoms with Crippen LogP contribution in [0.25, 0.3) is 0 Å². The van der Waals surface area contributed by atoms with Crippen LogP contribution in [0.4, 0.5) is 4.39 Å². The molecule has 1 aromatic rings. The molecule has 2 aliphatic heterocycles. The Morgan fingerprint density at radius 1 is 1.36 bits per heavy atom. The third-order valence-corrected chi connectivity index (χ3v) is 6.23. The predicted octanol–water partition coefficient (Wildman–Crippen LogP) is 1.67. The Labute approximate surface area is 134 Å². The minimum atomic E-state index is -3.79. The SMILES string of the molecule is O=S(=O)(NC1COC2(CCNCC2)C1)c1ccc(F)cc1Cl. The van der Waals surface area contributed by atoms with Crippen molar-refractivity contribution in [2.75, 3.05) is 19.7 Å². The minimum Gasteiger partial charge on any atom is -0.373 e. The molecule has 1 unspecified atom stereocenters. The molecule has 2 heterocycles. The van der Waals surface area contributed by atoms with Gasteiger partial charge in [-0.3, -0.25) is 0 Å². The van der Waals surface area contributed by atoms with E-state index in [4.69, 9.17) is 16.3 Å². The molecule has 5 nitrogen and oxygen atoms in total. The number of ether oxygens (including phenoxy) is 1. The van der Waals surface area contributed by atoms with Crippen molar-refractivity contribution >= 4 is 21.6 Å². The summed E-state index contributed by atoms with van der Waals surface area (Å²) in [7, 11) is -3.79. The molecule has 2 aliphatic rings. The molecule has 2 N–H and O–H groups in total. The van der Waals surface area contributed by atoms with Crippen LogP contribution in [0, 0.1) is 5.82 Å². The van der Waals surface area contributed by atoms with Crippen LogP contribution in [0.5, 0.6) is 0 Å². The number of sulfonamides is 1. The summed E-state index contributed by atoms with van der Waals surface area (Å²) in [6, 6.07) is 2.97. The summed E-state index contributed by atoms with van der Waals surface area (Å²) in [6.07, 6.45) is 2.40. The fourth-order valence-electron chi connectivity index (χ4n) is 3.13. The molecule has 1 atom stereocenters. The standard InChI is InChI=1S/C14H18ClFN2O3S/c15-12-7-10(16)1-2-13(12)22(19,20)18-11-8-14(21-9-11)3-5-17-6-4-14/h1-2,7,11,17-18H,3-6,8-9H2. The second kappa shape index (κ2) is 6.05. The third-order valence-electron chi connectivity index (χ3n) is 4.23. The quantitative estimate of drug-likeness (QED) is 0.872. The molecule has 0 amide bonds. The average molecular weight is 349 g/mol. The summed E-state index contributed by atoms with van der Waals surface area (Å²) in [5, 5.41) is 3.14. The van der Waals surface area contributed by atoms with Crippen LogP contribution in [0.1, 0.15) is 19.3 Å². The Hall–Kier alpha value is -0.730. The summed E-state index contributed by atoms with van der Waals surface area (Å²) in [5.41, 5.74) is -0.231. The van der Waals surface area contributed by atoms with Crippen molar-refractivity contribution in [2.24, 2.45) is 0 Å². The predicted molar refractivity (Wildman–Crippen MR) is 80.9 cm³/mol. The molecule has 0 bridgehead atoms. The average Bonchev–Trinajstić information content (AvgIpc) is 2.80. The van der Waals surface area contributed by atoms with Gasteiger partial charge >= 0.3 is 0 Å². The van der Waals surface area contributed by atoms with Crippen molar-refractivity contribution in [3.63, 3.8) is 0 Å². The van der Waals surface area contributed by atoms with Gasteiger partial charge < -0.3 is 10.1 Å². The lowest BCUT2D eigenvalue weighted by atomic mass is 9.88. The fraction of sp³-hybridized carbons (Fsp3) is 0.571. The topological polar surface area (TPSA) is 67.4 Å². The van der Waals surface area contributed by atoms with Crippen molar-refractivity contribution in [2.45, 2.75) is 35.8 Å². The summed E-state index contributed by atoms with van der Waals surface area (Å²) >= 11 is 5.84. The van der Waals surface area contributed by atoms with E-state index in [1.165, 1.54) is 6.07 Å². The Balaban J connectivity index is 1.72. The van der Waals surface area contributed by atoms with Gasteiger partial charge in [0.1, 0.15) is 10.7 Å². The van der Waals surface area contributed by atoms with Crippen LogP contribution in [0.3, 0.4) is 0 Å². The van der Waals surface area contributed by atoms with E-state index < -0.39 is 15.8 Å². The lowest BCUT2D eigenvalue weighted by molar-refractivity contribution is -0.0193. The molecular formula is C14H18ClFN2O3S. The normalized spacial score (nSPS) is 24.7. The highest BCUT2D eigenvalue weighted by Gasteiger charge is 2.42. The highest BCUT2D eigenvalue weighted by atomic mass is 35.5. The number of rotatable bonds is 3. The van der Waals surface area contributed by atoms with Crippen LogP contribution >= 0.6 is 11.6 Å². The molecule has 122 valence electrons. The molecule has 0 aromatic heterocycles. The van der Waals surface area contributed by atoms with Crippen LogP contribution in [0.2, 0.25) is 5.02 Å². The first-order valence-corrected chi connectivity index (χ1v) is 9.08. The molecule has 1 aromatic carbocycles. The first kappa shape index (κ1) is 16.1. The van der Waals surface area contributed by atoms with Crippen LogP contribution in [-0.4, -0.2) is 39.8 Å². The van der Waals surface area contributed by atoms with Gasteiger partial charge in [-0.05, 0) is 50.6 Å².